The first kappa shape index (κ1) is 82.9. The average molecular weight is 1560 g/mol. The molecule has 3 aromatic heterocycles. The molecule has 4 saturated carbocycles. The van der Waals surface area contributed by atoms with E-state index in [0.29, 0.717) is 104 Å². The molecule has 112 heavy (non-hydrogen) atoms. The number of carboxylic acid groups (broad SMARTS) is 1. The van der Waals surface area contributed by atoms with E-state index in [1.165, 1.54) is 28.4 Å². The van der Waals surface area contributed by atoms with Gasteiger partial charge in [-0.15, -0.1) is 0 Å². The first-order valence-electron chi connectivity index (χ1n) is 38.4. The number of anilines is 3. The Morgan fingerprint density at radius 2 is 1.43 bits per heavy atom. The zero-order valence-corrected chi connectivity index (χ0v) is 65.4. The molecule has 6 aromatic rings. The Bertz CT molecular complexity index is 4380. The van der Waals surface area contributed by atoms with Crippen molar-refractivity contribution in [3.05, 3.63) is 131 Å². The lowest BCUT2D eigenvalue weighted by Crippen LogP contribution is -2.64. The second kappa shape index (κ2) is 37.5. The third kappa shape index (κ3) is 21.8. The summed E-state index contributed by atoms with van der Waals surface area (Å²) >= 11 is 1.41. The molecule has 2 unspecified atom stereocenters. The fraction of sp³-hybridized carbons (Fsp3) is 0.519. The van der Waals surface area contributed by atoms with E-state index in [2.05, 4.69) is 45.4 Å². The van der Waals surface area contributed by atoms with E-state index in [4.69, 9.17) is 44.2 Å². The number of carboxylic acids is 1. The van der Waals surface area contributed by atoms with E-state index >= 15 is 0 Å². The highest BCUT2D eigenvalue weighted by Crippen LogP contribution is 2.72. The number of ether oxygens (including phenoxy) is 6. The van der Waals surface area contributed by atoms with E-state index in [1.54, 1.807) is 51.4 Å². The van der Waals surface area contributed by atoms with Crippen LogP contribution in [0.4, 0.5) is 26.2 Å². The first-order valence-corrected chi connectivity index (χ1v) is 39.2. The summed E-state index contributed by atoms with van der Waals surface area (Å²) < 4.78 is 37.9. The number of hydrogen-bond donors (Lipinski definition) is 7. The second-order valence-electron chi connectivity index (χ2n) is 31.2. The number of Topliss-reactive ketones (excluding diaryl/α,β-unsaturated/α-hetero) is 1. The van der Waals surface area contributed by atoms with Gasteiger partial charge in [-0.05, 0) is 146 Å². The van der Waals surface area contributed by atoms with Crippen molar-refractivity contribution in [1.29, 1.82) is 0 Å². The van der Waals surface area contributed by atoms with Crippen LogP contribution in [0.2, 0.25) is 0 Å². The maximum Gasteiger partial charge on any atom is 0.409 e. The van der Waals surface area contributed by atoms with Crippen molar-refractivity contribution >= 4 is 97.5 Å². The summed E-state index contributed by atoms with van der Waals surface area (Å²) in [5.74, 6) is -4.41. The van der Waals surface area contributed by atoms with Gasteiger partial charge in [0.25, 0.3) is 17.7 Å². The maximum absolute atomic E-state index is 14.0. The zero-order valence-electron chi connectivity index (χ0n) is 64.6. The Hall–Kier alpha value is -10.0. The fourth-order valence-corrected chi connectivity index (χ4v) is 18.2. The lowest BCUT2D eigenvalue weighted by molar-refractivity contribution is -0.248. The first-order chi connectivity index (χ1) is 53.7. The monoisotopic (exact) mass is 1560 g/mol. The summed E-state index contributed by atoms with van der Waals surface area (Å²) in [6, 6.07) is 22.3. The molecule has 8 N–H and O–H groups in total. The smallest absolute Gasteiger partial charge is 0.409 e. The van der Waals surface area contributed by atoms with Crippen LogP contribution < -0.4 is 37.2 Å². The minimum Gasteiger partial charge on any atom is -0.476 e. The summed E-state index contributed by atoms with van der Waals surface area (Å²) in [5.41, 5.74) is 11.0. The Labute approximate surface area is 654 Å². The molecule has 4 aliphatic carbocycles. The molecule has 0 saturated heterocycles. The van der Waals surface area contributed by atoms with Crippen LogP contribution in [-0.4, -0.2) is 205 Å². The Kier molecular flexibility index (Phi) is 27.8. The van der Waals surface area contributed by atoms with E-state index < -0.39 is 59.3 Å². The van der Waals surface area contributed by atoms with Crippen molar-refractivity contribution < 1.29 is 81.5 Å². The molecular formula is C81H103N13O17S. The van der Waals surface area contributed by atoms with Gasteiger partial charge in [-0.3, -0.25) is 48.5 Å². The number of para-hydroxylation sites is 1. The molecule has 4 bridgehead atoms. The lowest BCUT2D eigenvalue weighted by Gasteiger charge is -2.69. The average Bonchev–Trinajstić information content (AvgIpc) is 0.810. The number of nitrogens with two attached hydrogens (primary N) is 1. The van der Waals surface area contributed by atoms with Crippen LogP contribution in [-0.2, 0) is 83.3 Å². The van der Waals surface area contributed by atoms with Crippen molar-refractivity contribution in [2.75, 3.05) is 115 Å². The number of ketones is 1. The number of aromatic nitrogens is 4. The Balaban J connectivity index is 0.598. The molecule has 600 valence electrons. The number of pyridine rings is 1. The molecule has 30 nitrogen and oxygen atoms in total. The van der Waals surface area contributed by atoms with Crippen molar-refractivity contribution in [3.8, 4) is 11.1 Å². The number of thiazole rings is 1. The molecule has 9 amide bonds. The van der Waals surface area contributed by atoms with Crippen molar-refractivity contribution in [3.63, 3.8) is 0 Å². The SMILES string of the molecule is Cc1c(-c2ccc(N3CCc4cccc(C(=O)Nc5nc6ccccc6s5)c4C3)nc2C(=O)O)cnn1CC12CC3(C)CC(C)(C1)CC(OCCN(C)C(=O)OCc1ccc(NC(=O)[C@H](CCCNC(N)=O)CC(=O)[C@@H](NC(=O)CCOCCOCCOCCOCCNC(=O)CCN4C(=O)C=CC4=O)C(C)C)cc1)(C3)C2. The summed E-state index contributed by atoms with van der Waals surface area (Å²) in [6.07, 6.45) is 10.2. The number of rotatable bonds is 42. The van der Waals surface area contributed by atoms with E-state index in [9.17, 15) is 53.1 Å². The zero-order chi connectivity index (χ0) is 79.7. The topological polar surface area (TPSA) is 386 Å². The Morgan fingerprint density at radius 3 is 2.12 bits per heavy atom. The van der Waals surface area contributed by atoms with Crippen molar-refractivity contribution in [2.24, 2.45) is 33.8 Å². The number of nitrogens with zero attached hydrogens (tertiary/aromatic N) is 7. The summed E-state index contributed by atoms with van der Waals surface area (Å²) in [6.45, 7) is 14.9. The minimum atomic E-state index is -1.16. The molecule has 0 spiro atoms. The number of nitrogens with one attached hydrogen (secondary N) is 5. The van der Waals surface area contributed by atoms with Crippen molar-refractivity contribution in [2.45, 2.75) is 143 Å². The molecule has 5 heterocycles. The van der Waals surface area contributed by atoms with Gasteiger partial charge >= 0.3 is 18.1 Å². The van der Waals surface area contributed by atoms with Gasteiger partial charge in [0.2, 0.25) is 17.7 Å². The predicted molar refractivity (Wildman–Crippen MR) is 417 cm³/mol. The summed E-state index contributed by atoms with van der Waals surface area (Å²) in [5, 5.41) is 30.1. The molecular weight excluding hydrogens is 1460 g/mol. The summed E-state index contributed by atoms with van der Waals surface area (Å²) in [7, 11) is 1.68. The van der Waals surface area contributed by atoms with E-state index in [0.717, 1.165) is 70.5 Å². The largest absolute Gasteiger partial charge is 0.476 e. The predicted octanol–water partition coefficient (Wildman–Crippen LogP) is 8.77. The van der Waals surface area contributed by atoms with Gasteiger partial charge < -0.3 is 70.3 Å². The Morgan fingerprint density at radius 1 is 0.732 bits per heavy atom. The second-order valence-corrected chi connectivity index (χ2v) is 32.2. The fourth-order valence-electron chi connectivity index (χ4n) is 17.4. The molecule has 0 radical (unpaired) electrons. The van der Waals surface area contributed by atoms with E-state index in [1.807, 2.05) is 71.1 Å². The minimum absolute atomic E-state index is 0.00170. The highest BCUT2D eigenvalue weighted by molar-refractivity contribution is 7.22. The number of hydrogen-bond acceptors (Lipinski definition) is 21. The normalized spacial score (nSPS) is 20.0. The number of carbonyl (C=O) groups is 10. The van der Waals surface area contributed by atoms with Crippen LogP contribution in [0, 0.1) is 35.0 Å². The lowest BCUT2D eigenvalue weighted by atomic mass is 9.39. The number of carbonyl (C=O) groups excluding carboxylic acids is 9. The standard InChI is InChI=1S/C81H103N13O17S/c1-52(2)70(89-67(97)26-32-106-35-37-108-39-40-109-38-36-107-33-28-83-66(96)25-30-93-68(98)22-23-69(93)99)63(95)41-56(12-10-27-84-75(82)104)72(100)86-57-18-16-54(17-19-57)44-110-77(105)91(6)31-34-111-81-48-78(4)45-79(5,49-81)47-80(46-78,50-81)51-94-53(3)60(42-85-94)58-20-21-65(88-71(58)74(102)103)92-29-24-55-11-9-13-59(61(55)43-92)73(101)90-76-87-62-14-7-8-15-64(62)112-76/h7-9,11,13-23,42,52,56,70H,10,12,24-41,43-51H2,1-6H3,(H,83,96)(H,86,100)(H,89,97)(H,102,103)(H3,82,84,104)(H,87,90,101)/t56-,70+,78?,79?,80?,81?/m1/s1. The highest BCUT2D eigenvalue weighted by Gasteiger charge is 2.66. The third-order valence-corrected chi connectivity index (χ3v) is 22.5. The van der Waals surface area contributed by atoms with Gasteiger partial charge in [0.05, 0.1) is 87.5 Å². The number of primary amides is 1. The quantitative estimate of drug-likeness (QED) is 0.0139. The van der Waals surface area contributed by atoms with Gasteiger partial charge in [0, 0.05) is 118 Å². The van der Waals surface area contributed by atoms with E-state index in [-0.39, 0.29) is 130 Å². The molecule has 3 aromatic carbocycles. The van der Waals surface area contributed by atoms with Crippen LogP contribution in [0.5, 0.6) is 0 Å². The van der Waals surface area contributed by atoms with Gasteiger partial charge in [0.1, 0.15) is 12.4 Å². The molecule has 4 atom stereocenters. The number of urea groups is 1. The van der Waals surface area contributed by atoms with Gasteiger partial charge in [-0.2, -0.15) is 5.10 Å². The maximum atomic E-state index is 14.0. The number of benzene rings is 3. The van der Waals surface area contributed by atoms with Crippen LogP contribution in [0.15, 0.2) is 97.2 Å². The molecule has 4 fully saturated rings. The number of likely N-dealkylation sites (N-methyl/N-ethyl adjacent to an activating group) is 1. The number of imide groups is 1. The van der Waals surface area contributed by atoms with Crippen LogP contribution in [0.3, 0.4) is 0 Å². The molecule has 31 heteroatoms. The molecule has 12 rings (SSSR count). The van der Waals surface area contributed by atoms with Crippen molar-refractivity contribution in [1.82, 2.24) is 45.5 Å². The number of aromatic carboxylic acids is 1. The van der Waals surface area contributed by atoms with Crippen LogP contribution in [0.25, 0.3) is 21.3 Å². The van der Waals surface area contributed by atoms with Crippen LogP contribution in [0.1, 0.15) is 142 Å². The van der Waals surface area contributed by atoms with Gasteiger partial charge in [0.15, 0.2) is 16.6 Å². The number of amides is 9. The summed E-state index contributed by atoms with van der Waals surface area (Å²) in [4.78, 5) is 142. The molecule has 2 aliphatic heterocycles. The molecule has 6 aliphatic rings. The van der Waals surface area contributed by atoms with Crippen LogP contribution >= 0.6 is 11.3 Å². The number of fused-ring (bicyclic) bond motifs is 2. The highest BCUT2D eigenvalue weighted by atomic mass is 32.1. The van der Waals surface area contributed by atoms with Gasteiger partial charge in [-0.1, -0.05) is 75.4 Å². The third-order valence-electron chi connectivity index (χ3n) is 21.5. The van der Waals surface area contributed by atoms with Gasteiger partial charge in [-0.25, -0.2) is 24.4 Å².